The van der Waals surface area contributed by atoms with Crippen molar-refractivity contribution >= 4 is 11.6 Å². The molecule has 0 aliphatic heterocycles. The molecule has 2 aliphatic rings. The van der Waals surface area contributed by atoms with Gasteiger partial charge in [0.1, 0.15) is 0 Å². The summed E-state index contributed by atoms with van der Waals surface area (Å²) in [6.07, 6.45) is 5.98. The van der Waals surface area contributed by atoms with Gasteiger partial charge in [-0.15, -0.1) is 0 Å². The Kier molecular flexibility index (Phi) is 3.59. The summed E-state index contributed by atoms with van der Waals surface area (Å²) in [5.41, 5.74) is 7.35. The first-order chi connectivity index (χ1) is 9.56. The quantitative estimate of drug-likeness (QED) is 0.901. The van der Waals surface area contributed by atoms with Crippen molar-refractivity contribution in [1.82, 2.24) is 0 Å². The molecular formula is C16H22ClNO2. The maximum absolute atomic E-state index is 6.25. The Hall–Kier alpha value is -0.930. The van der Waals surface area contributed by atoms with E-state index in [4.69, 9.17) is 26.8 Å². The number of hydrogen-bond donors (Lipinski definition) is 1. The van der Waals surface area contributed by atoms with Crippen molar-refractivity contribution in [3.8, 4) is 11.5 Å². The SMILES string of the molecule is COc1cc(Cl)cc(C2(C(C)N)CC2)c1OC1CCC1. The summed E-state index contributed by atoms with van der Waals surface area (Å²) in [6.45, 7) is 2.06. The smallest absolute Gasteiger partial charge is 0.165 e. The molecule has 0 amide bonds. The maximum atomic E-state index is 6.25. The van der Waals surface area contributed by atoms with E-state index in [-0.39, 0.29) is 11.5 Å². The van der Waals surface area contributed by atoms with E-state index in [1.165, 1.54) is 6.42 Å². The number of halogens is 1. The predicted octanol–water partition coefficient (Wildman–Crippen LogP) is 3.66. The second-order valence-corrected chi connectivity index (χ2v) is 6.54. The molecular weight excluding hydrogens is 274 g/mol. The van der Waals surface area contributed by atoms with Crippen LogP contribution in [0, 0.1) is 0 Å². The summed E-state index contributed by atoms with van der Waals surface area (Å²) in [4.78, 5) is 0. The van der Waals surface area contributed by atoms with Crippen LogP contribution in [-0.2, 0) is 5.41 Å². The number of benzene rings is 1. The molecule has 2 aliphatic carbocycles. The Morgan fingerprint density at radius 3 is 2.50 bits per heavy atom. The van der Waals surface area contributed by atoms with Crippen molar-refractivity contribution < 1.29 is 9.47 Å². The fraction of sp³-hybridized carbons (Fsp3) is 0.625. The zero-order chi connectivity index (χ0) is 14.3. The van der Waals surface area contributed by atoms with Gasteiger partial charge in [0.25, 0.3) is 0 Å². The van der Waals surface area contributed by atoms with Crippen LogP contribution in [0.25, 0.3) is 0 Å². The third-order valence-electron chi connectivity index (χ3n) is 4.77. The van der Waals surface area contributed by atoms with E-state index in [0.717, 1.165) is 42.7 Å². The molecule has 0 heterocycles. The Labute approximate surface area is 125 Å². The minimum Gasteiger partial charge on any atom is -0.493 e. The third-order valence-corrected chi connectivity index (χ3v) is 4.99. The molecule has 1 atom stereocenters. The Morgan fingerprint density at radius 2 is 2.05 bits per heavy atom. The Balaban J connectivity index is 2.03. The average Bonchev–Trinajstić information content (AvgIpc) is 3.15. The third kappa shape index (κ3) is 2.27. The largest absolute Gasteiger partial charge is 0.493 e. The lowest BCUT2D eigenvalue weighted by atomic mass is 9.88. The van der Waals surface area contributed by atoms with Crippen LogP contribution >= 0.6 is 11.6 Å². The van der Waals surface area contributed by atoms with Crippen LogP contribution in [0.5, 0.6) is 11.5 Å². The van der Waals surface area contributed by atoms with Gasteiger partial charge in [0.15, 0.2) is 11.5 Å². The van der Waals surface area contributed by atoms with Crippen LogP contribution in [-0.4, -0.2) is 19.3 Å². The highest BCUT2D eigenvalue weighted by Gasteiger charge is 2.50. The van der Waals surface area contributed by atoms with E-state index in [2.05, 4.69) is 6.92 Å². The van der Waals surface area contributed by atoms with Gasteiger partial charge in [-0.3, -0.25) is 0 Å². The number of nitrogens with two attached hydrogens (primary N) is 1. The number of rotatable bonds is 5. The topological polar surface area (TPSA) is 44.5 Å². The molecule has 3 nitrogen and oxygen atoms in total. The van der Waals surface area contributed by atoms with Gasteiger partial charge >= 0.3 is 0 Å². The minimum atomic E-state index is 0.0112. The highest BCUT2D eigenvalue weighted by atomic mass is 35.5. The van der Waals surface area contributed by atoms with Gasteiger partial charge in [0, 0.05) is 28.1 Å². The fourth-order valence-electron chi connectivity index (χ4n) is 2.97. The van der Waals surface area contributed by atoms with Crippen molar-refractivity contribution in [1.29, 1.82) is 0 Å². The highest BCUT2D eigenvalue weighted by molar-refractivity contribution is 6.30. The Bertz CT molecular complexity index is 507. The van der Waals surface area contributed by atoms with Crippen LogP contribution in [0.4, 0.5) is 0 Å². The van der Waals surface area contributed by atoms with Gasteiger partial charge in [-0.1, -0.05) is 11.6 Å². The van der Waals surface area contributed by atoms with Gasteiger partial charge in [-0.25, -0.2) is 0 Å². The molecule has 2 fully saturated rings. The molecule has 2 saturated carbocycles. The second-order valence-electron chi connectivity index (χ2n) is 6.10. The molecule has 1 unspecified atom stereocenters. The van der Waals surface area contributed by atoms with E-state index in [1.807, 2.05) is 12.1 Å². The molecule has 0 saturated heterocycles. The zero-order valence-electron chi connectivity index (χ0n) is 12.1. The molecule has 0 aromatic heterocycles. The van der Waals surface area contributed by atoms with Gasteiger partial charge in [0.2, 0.25) is 0 Å². The van der Waals surface area contributed by atoms with E-state index in [1.54, 1.807) is 7.11 Å². The van der Waals surface area contributed by atoms with E-state index in [0.29, 0.717) is 11.1 Å². The molecule has 0 spiro atoms. The summed E-state index contributed by atoms with van der Waals surface area (Å²) >= 11 is 6.25. The lowest BCUT2D eigenvalue weighted by Crippen LogP contribution is -2.33. The van der Waals surface area contributed by atoms with Gasteiger partial charge < -0.3 is 15.2 Å². The van der Waals surface area contributed by atoms with Gasteiger partial charge in [-0.2, -0.15) is 0 Å². The summed E-state index contributed by atoms with van der Waals surface area (Å²) in [5, 5.41) is 0.685. The lowest BCUT2D eigenvalue weighted by molar-refractivity contribution is 0.113. The van der Waals surface area contributed by atoms with Crippen LogP contribution < -0.4 is 15.2 Å². The minimum absolute atomic E-state index is 0.0112. The van der Waals surface area contributed by atoms with Crippen molar-refractivity contribution in [3.63, 3.8) is 0 Å². The summed E-state index contributed by atoms with van der Waals surface area (Å²) in [6, 6.07) is 3.93. The van der Waals surface area contributed by atoms with E-state index in [9.17, 15) is 0 Å². The van der Waals surface area contributed by atoms with Crippen LogP contribution in [0.15, 0.2) is 12.1 Å². The first-order valence-electron chi connectivity index (χ1n) is 7.37. The summed E-state index contributed by atoms with van der Waals surface area (Å²) in [5.74, 6) is 1.59. The molecule has 1 aromatic rings. The monoisotopic (exact) mass is 295 g/mol. The average molecular weight is 296 g/mol. The van der Waals surface area contributed by atoms with Crippen molar-refractivity contribution in [3.05, 3.63) is 22.7 Å². The molecule has 2 N–H and O–H groups in total. The molecule has 0 radical (unpaired) electrons. The van der Waals surface area contributed by atoms with Gasteiger partial charge in [-0.05, 0) is 45.1 Å². The zero-order valence-corrected chi connectivity index (χ0v) is 12.9. The highest BCUT2D eigenvalue weighted by Crippen LogP contribution is 2.56. The molecule has 1 aromatic carbocycles. The fourth-order valence-corrected chi connectivity index (χ4v) is 3.18. The predicted molar refractivity (Wildman–Crippen MR) is 80.8 cm³/mol. The molecule has 20 heavy (non-hydrogen) atoms. The van der Waals surface area contributed by atoms with Crippen molar-refractivity contribution in [2.45, 2.75) is 56.6 Å². The normalized spacial score (nSPS) is 22.0. The first-order valence-corrected chi connectivity index (χ1v) is 7.75. The Morgan fingerprint density at radius 1 is 1.35 bits per heavy atom. The lowest BCUT2D eigenvalue weighted by Gasteiger charge is -2.31. The molecule has 0 bridgehead atoms. The van der Waals surface area contributed by atoms with Crippen molar-refractivity contribution in [2.24, 2.45) is 5.73 Å². The summed E-state index contributed by atoms with van der Waals surface area (Å²) in [7, 11) is 1.66. The molecule has 110 valence electrons. The standard InChI is InChI=1S/C16H22ClNO2/c1-10(18)16(6-7-16)13-8-11(17)9-14(19-2)15(13)20-12-4-3-5-12/h8-10,12H,3-7,18H2,1-2H3. The van der Waals surface area contributed by atoms with E-state index < -0.39 is 0 Å². The first kappa shape index (κ1) is 14.0. The molecule has 4 heteroatoms. The summed E-state index contributed by atoms with van der Waals surface area (Å²) < 4.78 is 11.7. The molecule has 3 rings (SSSR count). The number of ether oxygens (including phenoxy) is 2. The number of hydrogen-bond acceptors (Lipinski definition) is 3. The van der Waals surface area contributed by atoms with Crippen molar-refractivity contribution in [2.75, 3.05) is 7.11 Å². The van der Waals surface area contributed by atoms with Crippen LogP contribution in [0.2, 0.25) is 5.02 Å². The second kappa shape index (κ2) is 5.12. The maximum Gasteiger partial charge on any atom is 0.165 e. The van der Waals surface area contributed by atoms with Crippen LogP contribution in [0.1, 0.15) is 44.6 Å². The van der Waals surface area contributed by atoms with E-state index >= 15 is 0 Å². The van der Waals surface area contributed by atoms with Gasteiger partial charge in [0.05, 0.1) is 13.2 Å². The number of methoxy groups -OCH3 is 1. The van der Waals surface area contributed by atoms with Crippen LogP contribution in [0.3, 0.4) is 0 Å².